The van der Waals surface area contributed by atoms with Crippen LogP contribution in [0.1, 0.15) is 24.9 Å². The van der Waals surface area contributed by atoms with E-state index < -0.39 is 0 Å². The highest BCUT2D eigenvalue weighted by atomic mass is 79.9. The van der Waals surface area contributed by atoms with Crippen LogP contribution < -0.4 is 10.6 Å². The Bertz CT molecular complexity index is 659. The third kappa shape index (κ3) is 5.00. The van der Waals surface area contributed by atoms with Gasteiger partial charge in [-0.3, -0.25) is 9.59 Å². The molecule has 2 amide bonds. The Labute approximate surface area is 138 Å². The Balaban J connectivity index is 2.06. The summed E-state index contributed by atoms with van der Waals surface area (Å²) in [6.45, 7) is 1.45. The number of benzene rings is 2. The third-order valence-corrected chi connectivity index (χ3v) is 3.57. The Kier molecular flexibility index (Phi) is 5.72. The van der Waals surface area contributed by atoms with Crippen molar-refractivity contribution in [3.05, 3.63) is 64.6 Å². The summed E-state index contributed by atoms with van der Waals surface area (Å²) in [4.78, 5) is 23.6. The highest BCUT2D eigenvalue weighted by Crippen LogP contribution is 2.19. The minimum absolute atomic E-state index is 0.152. The minimum atomic E-state index is -0.342. The van der Waals surface area contributed by atoms with Crippen LogP contribution in [0.4, 0.5) is 5.69 Å². The van der Waals surface area contributed by atoms with Gasteiger partial charge in [0.1, 0.15) is 0 Å². The van der Waals surface area contributed by atoms with E-state index in [1.165, 1.54) is 6.92 Å². The second-order valence-corrected chi connectivity index (χ2v) is 5.84. The number of rotatable bonds is 5. The predicted molar refractivity (Wildman–Crippen MR) is 90.4 cm³/mol. The summed E-state index contributed by atoms with van der Waals surface area (Å²) >= 11 is 3.36. The fraction of sp³-hybridized carbons (Fsp3) is 0.176. The first kappa shape index (κ1) is 16.2. The number of halogens is 1. The number of carbonyl (C=O) groups is 2. The van der Waals surface area contributed by atoms with Gasteiger partial charge in [0, 0.05) is 17.1 Å². The van der Waals surface area contributed by atoms with Crippen LogP contribution in [0.15, 0.2) is 59.1 Å². The lowest BCUT2D eigenvalue weighted by Gasteiger charge is -2.18. The summed E-state index contributed by atoms with van der Waals surface area (Å²) in [7, 11) is 0. The fourth-order valence-corrected chi connectivity index (χ4v) is 2.55. The second-order valence-electron chi connectivity index (χ2n) is 4.93. The minimum Gasteiger partial charge on any atom is -0.349 e. The molecule has 0 saturated carbocycles. The van der Waals surface area contributed by atoms with E-state index in [1.807, 2.05) is 54.6 Å². The first-order valence-corrected chi connectivity index (χ1v) is 7.71. The lowest BCUT2D eigenvalue weighted by molar-refractivity contribution is -0.120. The number of carbonyl (C=O) groups excluding carboxylic acids is 2. The molecule has 22 heavy (non-hydrogen) atoms. The topological polar surface area (TPSA) is 58.2 Å². The molecule has 2 rings (SSSR count). The molecular formula is C17H17BrN2O2. The Morgan fingerprint density at radius 1 is 1.09 bits per heavy atom. The van der Waals surface area contributed by atoms with Crippen LogP contribution >= 0.6 is 15.9 Å². The van der Waals surface area contributed by atoms with Crippen LogP contribution in [-0.4, -0.2) is 11.8 Å². The molecule has 0 bridgehead atoms. The molecule has 0 aliphatic heterocycles. The second kappa shape index (κ2) is 7.75. The zero-order valence-corrected chi connectivity index (χ0v) is 13.8. The van der Waals surface area contributed by atoms with Gasteiger partial charge in [0.25, 0.3) is 0 Å². The molecule has 5 heteroatoms. The monoisotopic (exact) mass is 360 g/mol. The molecule has 0 aromatic heterocycles. The van der Waals surface area contributed by atoms with Crippen LogP contribution in [0.25, 0.3) is 0 Å². The molecule has 114 valence electrons. The SMILES string of the molecule is CC(=O)NC(CC(=O)Nc1cccc(Br)c1)c1ccccc1. The fourth-order valence-electron chi connectivity index (χ4n) is 2.15. The molecule has 0 radical (unpaired) electrons. The van der Waals surface area contributed by atoms with E-state index in [1.54, 1.807) is 0 Å². The van der Waals surface area contributed by atoms with Crippen molar-refractivity contribution in [1.29, 1.82) is 0 Å². The maximum Gasteiger partial charge on any atom is 0.226 e. The molecule has 2 aromatic carbocycles. The largest absolute Gasteiger partial charge is 0.349 e. The van der Waals surface area contributed by atoms with Gasteiger partial charge in [-0.05, 0) is 23.8 Å². The summed E-state index contributed by atoms with van der Waals surface area (Å²) in [6.07, 6.45) is 0.177. The predicted octanol–water partition coefficient (Wildman–Crippen LogP) is 3.66. The van der Waals surface area contributed by atoms with Gasteiger partial charge in [-0.25, -0.2) is 0 Å². The van der Waals surface area contributed by atoms with Gasteiger partial charge >= 0.3 is 0 Å². The number of hydrogen-bond donors (Lipinski definition) is 2. The molecule has 0 spiro atoms. The first-order valence-electron chi connectivity index (χ1n) is 6.92. The van der Waals surface area contributed by atoms with Crippen LogP contribution in [-0.2, 0) is 9.59 Å². The molecule has 0 aliphatic rings. The van der Waals surface area contributed by atoms with Crippen molar-refractivity contribution < 1.29 is 9.59 Å². The molecule has 2 N–H and O–H groups in total. The van der Waals surface area contributed by atoms with Crippen molar-refractivity contribution in [3.63, 3.8) is 0 Å². The van der Waals surface area contributed by atoms with Gasteiger partial charge in [0.2, 0.25) is 11.8 Å². The number of amides is 2. The van der Waals surface area contributed by atoms with Crippen molar-refractivity contribution in [2.75, 3.05) is 5.32 Å². The van der Waals surface area contributed by atoms with Crippen molar-refractivity contribution in [2.45, 2.75) is 19.4 Å². The average molecular weight is 361 g/mol. The molecular weight excluding hydrogens is 344 g/mol. The van der Waals surface area contributed by atoms with Crippen LogP contribution in [0, 0.1) is 0 Å². The van der Waals surface area contributed by atoms with Gasteiger partial charge in [-0.1, -0.05) is 52.3 Å². The summed E-state index contributed by atoms with van der Waals surface area (Å²) in [5, 5.41) is 5.65. The molecule has 4 nitrogen and oxygen atoms in total. The van der Waals surface area contributed by atoms with E-state index in [-0.39, 0.29) is 24.3 Å². The van der Waals surface area contributed by atoms with Crippen LogP contribution in [0.5, 0.6) is 0 Å². The van der Waals surface area contributed by atoms with Crippen molar-refractivity contribution >= 4 is 33.4 Å². The van der Waals surface area contributed by atoms with Gasteiger partial charge in [0.15, 0.2) is 0 Å². The Morgan fingerprint density at radius 3 is 2.45 bits per heavy atom. The molecule has 1 unspecified atom stereocenters. The summed E-state index contributed by atoms with van der Waals surface area (Å²) < 4.78 is 0.895. The Hall–Kier alpha value is -2.14. The lowest BCUT2D eigenvalue weighted by Crippen LogP contribution is -2.29. The lowest BCUT2D eigenvalue weighted by atomic mass is 10.0. The molecule has 0 fully saturated rings. The normalized spacial score (nSPS) is 11.5. The molecule has 0 saturated heterocycles. The molecule has 0 heterocycles. The zero-order valence-electron chi connectivity index (χ0n) is 12.2. The summed E-state index contributed by atoms with van der Waals surface area (Å²) in [5.41, 5.74) is 1.62. The summed E-state index contributed by atoms with van der Waals surface area (Å²) in [6, 6.07) is 16.5. The number of anilines is 1. The molecule has 0 aliphatic carbocycles. The number of hydrogen-bond acceptors (Lipinski definition) is 2. The molecule has 2 aromatic rings. The van der Waals surface area contributed by atoms with E-state index in [4.69, 9.17) is 0 Å². The van der Waals surface area contributed by atoms with E-state index in [0.717, 1.165) is 10.0 Å². The van der Waals surface area contributed by atoms with E-state index in [9.17, 15) is 9.59 Å². The third-order valence-electron chi connectivity index (χ3n) is 3.08. The molecule has 1 atom stereocenters. The first-order chi connectivity index (χ1) is 10.5. The van der Waals surface area contributed by atoms with Gasteiger partial charge < -0.3 is 10.6 Å². The van der Waals surface area contributed by atoms with Crippen molar-refractivity contribution in [2.24, 2.45) is 0 Å². The van der Waals surface area contributed by atoms with Crippen molar-refractivity contribution in [3.8, 4) is 0 Å². The average Bonchev–Trinajstić information content (AvgIpc) is 2.47. The van der Waals surface area contributed by atoms with Gasteiger partial charge in [-0.15, -0.1) is 0 Å². The smallest absolute Gasteiger partial charge is 0.226 e. The van der Waals surface area contributed by atoms with E-state index in [2.05, 4.69) is 26.6 Å². The maximum atomic E-state index is 12.2. The quantitative estimate of drug-likeness (QED) is 0.854. The highest BCUT2D eigenvalue weighted by molar-refractivity contribution is 9.10. The number of nitrogens with one attached hydrogen (secondary N) is 2. The van der Waals surface area contributed by atoms with Gasteiger partial charge in [0.05, 0.1) is 12.5 Å². The van der Waals surface area contributed by atoms with Crippen molar-refractivity contribution in [1.82, 2.24) is 5.32 Å². The van der Waals surface area contributed by atoms with Crippen LogP contribution in [0.3, 0.4) is 0 Å². The maximum absolute atomic E-state index is 12.2. The Morgan fingerprint density at radius 2 is 1.82 bits per heavy atom. The highest BCUT2D eigenvalue weighted by Gasteiger charge is 2.17. The van der Waals surface area contributed by atoms with E-state index in [0.29, 0.717) is 5.69 Å². The van der Waals surface area contributed by atoms with Crippen LogP contribution in [0.2, 0.25) is 0 Å². The van der Waals surface area contributed by atoms with E-state index >= 15 is 0 Å². The zero-order chi connectivity index (χ0) is 15.9. The summed E-state index contributed by atoms with van der Waals surface area (Å²) in [5.74, 6) is -0.315. The standard InChI is InChI=1S/C17H17BrN2O2/c1-12(21)19-16(13-6-3-2-4-7-13)11-17(22)20-15-9-5-8-14(18)10-15/h2-10,16H,11H2,1H3,(H,19,21)(H,20,22). The van der Waals surface area contributed by atoms with Gasteiger partial charge in [-0.2, -0.15) is 0 Å².